The van der Waals surface area contributed by atoms with Crippen LogP contribution in [-0.2, 0) is 4.74 Å². The molecule has 1 aliphatic heterocycles. The van der Waals surface area contributed by atoms with Crippen molar-refractivity contribution >= 4 is 22.6 Å². The molecule has 0 spiro atoms. The van der Waals surface area contributed by atoms with E-state index >= 15 is 0 Å². The van der Waals surface area contributed by atoms with Gasteiger partial charge in [0.25, 0.3) is 11.5 Å². The standard InChI is InChI=1S/C21H25N5O3/c1-12(2)26-18(22)15(20(27)23-10-14-5-4-8-29-14)9-16-19(26)24-17-7-6-13(3)11-25(17)21(16)28/h6-7,9,11-12,14,22H,4-5,8,10H2,1-3H3,(H,23,27)/t14-/m0/s1. The number of hydrogen-bond acceptors (Lipinski definition) is 5. The van der Waals surface area contributed by atoms with Gasteiger partial charge in [0.15, 0.2) is 0 Å². The van der Waals surface area contributed by atoms with E-state index in [4.69, 9.17) is 10.1 Å². The monoisotopic (exact) mass is 395 g/mol. The van der Waals surface area contributed by atoms with Crippen LogP contribution in [0, 0.1) is 12.3 Å². The van der Waals surface area contributed by atoms with Crippen LogP contribution in [0.2, 0.25) is 0 Å². The average Bonchev–Trinajstić information content (AvgIpc) is 3.20. The number of aryl methyl sites for hydroxylation is 1. The molecule has 4 rings (SSSR count). The molecule has 4 heterocycles. The van der Waals surface area contributed by atoms with Gasteiger partial charge in [0, 0.05) is 25.4 Å². The topological polar surface area (TPSA) is 101 Å². The summed E-state index contributed by atoms with van der Waals surface area (Å²) in [6.45, 7) is 6.82. The summed E-state index contributed by atoms with van der Waals surface area (Å²) in [7, 11) is 0. The molecular formula is C21H25N5O3. The van der Waals surface area contributed by atoms with Crippen molar-refractivity contribution in [2.45, 2.75) is 45.8 Å². The number of nitrogens with one attached hydrogen (secondary N) is 2. The predicted octanol–water partition coefficient (Wildman–Crippen LogP) is 1.93. The van der Waals surface area contributed by atoms with Crippen molar-refractivity contribution in [2.75, 3.05) is 13.2 Å². The summed E-state index contributed by atoms with van der Waals surface area (Å²) in [5, 5.41) is 11.8. The van der Waals surface area contributed by atoms with Crippen molar-refractivity contribution in [2.24, 2.45) is 0 Å². The molecule has 1 fully saturated rings. The maximum atomic E-state index is 13.2. The van der Waals surface area contributed by atoms with E-state index in [0.717, 1.165) is 18.4 Å². The lowest BCUT2D eigenvalue weighted by Gasteiger charge is -2.18. The number of ether oxygens (including phenoxy) is 1. The Morgan fingerprint density at radius 3 is 2.90 bits per heavy atom. The lowest BCUT2D eigenvalue weighted by molar-refractivity contribution is 0.0855. The Labute approximate surface area is 167 Å². The zero-order valence-electron chi connectivity index (χ0n) is 16.9. The van der Waals surface area contributed by atoms with Crippen LogP contribution >= 0.6 is 0 Å². The van der Waals surface area contributed by atoms with Gasteiger partial charge in [-0.05, 0) is 51.3 Å². The predicted molar refractivity (Wildman–Crippen MR) is 109 cm³/mol. The largest absolute Gasteiger partial charge is 0.376 e. The van der Waals surface area contributed by atoms with Crippen LogP contribution in [0.3, 0.4) is 0 Å². The normalized spacial score (nSPS) is 16.8. The van der Waals surface area contributed by atoms with Crippen LogP contribution < -0.4 is 16.4 Å². The number of carbonyl (C=O) groups is 1. The summed E-state index contributed by atoms with van der Waals surface area (Å²) >= 11 is 0. The minimum Gasteiger partial charge on any atom is -0.376 e. The third-order valence-corrected chi connectivity index (χ3v) is 5.27. The molecule has 0 unspecified atom stereocenters. The summed E-state index contributed by atoms with van der Waals surface area (Å²) in [6.07, 6.45) is 3.64. The van der Waals surface area contributed by atoms with Gasteiger partial charge >= 0.3 is 0 Å². The molecule has 1 aliphatic rings. The maximum absolute atomic E-state index is 13.2. The van der Waals surface area contributed by atoms with Gasteiger partial charge in [0.05, 0.1) is 17.1 Å². The lowest BCUT2D eigenvalue weighted by atomic mass is 10.1. The van der Waals surface area contributed by atoms with Crippen molar-refractivity contribution in [3.63, 3.8) is 0 Å². The minimum absolute atomic E-state index is 0.00465. The molecule has 1 amide bonds. The van der Waals surface area contributed by atoms with Gasteiger partial charge in [-0.1, -0.05) is 6.07 Å². The molecular weight excluding hydrogens is 370 g/mol. The van der Waals surface area contributed by atoms with Crippen LogP contribution in [0.25, 0.3) is 16.7 Å². The summed E-state index contributed by atoms with van der Waals surface area (Å²) in [5.74, 6) is -0.379. The summed E-state index contributed by atoms with van der Waals surface area (Å²) in [5.41, 5.74) is 1.81. The van der Waals surface area contributed by atoms with Gasteiger partial charge in [-0.25, -0.2) is 4.98 Å². The summed E-state index contributed by atoms with van der Waals surface area (Å²) in [4.78, 5) is 30.6. The third kappa shape index (κ3) is 3.44. The molecule has 8 heteroatoms. The van der Waals surface area contributed by atoms with Gasteiger partial charge in [0.2, 0.25) is 0 Å². The highest BCUT2D eigenvalue weighted by atomic mass is 16.5. The fraction of sp³-hybridized carbons (Fsp3) is 0.429. The smallest absolute Gasteiger partial charge is 0.267 e. The Morgan fingerprint density at radius 1 is 1.41 bits per heavy atom. The Hall–Kier alpha value is -3.00. The highest BCUT2D eigenvalue weighted by molar-refractivity contribution is 5.96. The van der Waals surface area contributed by atoms with Crippen molar-refractivity contribution in [1.29, 1.82) is 5.41 Å². The molecule has 0 aromatic carbocycles. The minimum atomic E-state index is -0.379. The van der Waals surface area contributed by atoms with E-state index in [2.05, 4.69) is 10.3 Å². The van der Waals surface area contributed by atoms with Gasteiger partial charge in [-0.3, -0.25) is 19.4 Å². The number of nitrogens with zero attached hydrogens (tertiary/aromatic N) is 3. The number of rotatable bonds is 4. The van der Waals surface area contributed by atoms with Crippen molar-refractivity contribution in [1.82, 2.24) is 19.3 Å². The van der Waals surface area contributed by atoms with Crippen LogP contribution in [0.5, 0.6) is 0 Å². The van der Waals surface area contributed by atoms with Gasteiger partial charge < -0.3 is 14.6 Å². The number of carbonyl (C=O) groups excluding carboxylic acids is 1. The molecule has 152 valence electrons. The van der Waals surface area contributed by atoms with Gasteiger partial charge in [0.1, 0.15) is 16.8 Å². The van der Waals surface area contributed by atoms with E-state index in [1.165, 1.54) is 10.5 Å². The van der Waals surface area contributed by atoms with Crippen molar-refractivity contribution in [3.05, 3.63) is 51.4 Å². The molecule has 3 aromatic rings. The van der Waals surface area contributed by atoms with Crippen molar-refractivity contribution < 1.29 is 9.53 Å². The van der Waals surface area contributed by atoms with E-state index in [1.54, 1.807) is 16.8 Å². The molecule has 29 heavy (non-hydrogen) atoms. The number of hydrogen-bond donors (Lipinski definition) is 2. The Morgan fingerprint density at radius 2 is 2.21 bits per heavy atom. The maximum Gasteiger partial charge on any atom is 0.267 e. The van der Waals surface area contributed by atoms with E-state index < -0.39 is 0 Å². The van der Waals surface area contributed by atoms with Crippen molar-refractivity contribution in [3.8, 4) is 0 Å². The fourth-order valence-corrected chi connectivity index (χ4v) is 3.79. The highest BCUT2D eigenvalue weighted by Gasteiger charge is 2.21. The van der Waals surface area contributed by atoms with Crippen LogP contribution in [-0.4, -0.2) is 39.1 Å². The zero-order chi connectivity index (χ0) is 20.7. The van der Waals surface area contributed by atoms with E-state index in [1.807, 2.05) is 26.8 Å². The number of pyridine rings is 2. The summed E-state index contributed by atoms with van der Waals surface area (Å²) in [6, 6.07) is 5.02. The zero-order valence-corrected chi connectivity index (χ0v) is 16.9. The van der Waals surface area contributed by atoms with E-state index in [9.17, 15) is 9.59 Å². The first-order valence-corrected chi connectivity index (χ1v) is 9.89. The van der Waals surface area contributed by atoms with E-state index in [0.29, 0.717) is 29.8 Å². The molecule has 3 aromatic heterocycles. The highest BCUT2D eigenvalue weighted by Crippen LogP contribution is 2.15. The van der Waals surface area contributed by atoms with Gasteiger partial charge in [-0.15, -0.1) is 0 Å². The molecule has 1 atom stereocenters. The Bertz CT molecular complexity index is 1220. The first-order valence-electron chi connectivity index (χ1n) is 9.89. The summed E-state index contributed by atoms with van der Waals surface area (Å²) < 4.78 is 8.67. The molecule has 2 N–H and O–H groups in total. The molecule has 0 saturated carbocycles. The second kappa shape index (κ2) is 7.44. The lowest BCUT2D eigenvalue weighted by Crippen LogP contribution is -2.38. The molecule has 0 radical (unpaired) electrons. The average molecular weight is 395 g/mol. The fourth-order valence-electron chi connectivity index (χ4n) is 3.79. The second-order valence-electron chi connectivity index (χ2n) is 7.80. The second-order valence-corrected chi connectivity index (χ2v) is 7.80. The number of amides is 1. The Kier molecular flexibility index (Phi) is 4.96. The Balaban J connectivity index is 1.88. The molecule has 1 saturated heterocycles. The first kappa shape index (κ1) is 19.3. The van der Waals surface area contributed by atoms with Crippen LogP contribution in [0.15, 0.2) is 29.2 Å². The third-order valence-electron chi connectivity index (χ3n) is 5.27. The quantitative estimate of drug-likeness (QED) is 0.659. The van der Waals surface area contributed by atoms with Crippen LogP contribution in [0.4, 0.5) is 0 Å². The molecule has 0 bridgehead atoms. The first-order chi connectivity index (χ1) is 13.9. The van der Waals surface area contributed by atoms with E-state index in [-0.39, 0.29) is 34.7 Å². The van der Waals surface area contributed by atoms with Gasteiger partial charge in [-0.2, -0.15) is 0 Å². The number of fused-ring (bicyclic) bond motifs is 2. The number of aromatic nitrogens is 3. The molecule has 8 nitrogen and oxygen atoms in total. The van der Waals surface area contributed by atoms with Crippen LogP contribution in [0.1, 0.15) is 48.7 Å². The SMILES string of the molecule is Cc1ccc2nc3c(cc(C(=O)NC[C@@H]4CCCO4)c(=N)n3C(C)C)c(=O)n2c1. The molecule has 0 aliphatic carbocycles.